The van der Waals surface area contributed by atoms with Crippen LogP contribution < -0.4 is 5.32 Å². The molecule has 0 saturated carbocycles. The maximum absolute atomic E-state index is 11.7. The Hall–Kier alpha value is -1.87. The first-order valence-corrected chi connectivity index (χ1v) is 7.58. The van der Waals surface area contributed by atoms with Gasteiger partial charge in [0.1, 0.15) is 0 Å². The molecule has 2 aromatic rings. The van der Waals surface area contributed by atoms with Gasteiger partial charge in [-0.1, -0.05) is 29.8 Å². The third-order valence-electron chi connectivity index (χ3n) is 3.09. The van der Waals surface area contributed by atoms with Crippen molar-refractivity contribution in [2.45, 2.75) is 20.3 Å². The highest BCUT2D eigenvalue weighted by molar-refractivity contribution is 7.09. The molecule has 2 rings (SSSR count). The van der Waals surface area contributed by atoms with E-state index in [9.17, 15) is 4.79 Å². The molecule has 1 heterocycles. The van der Waals surface area contributed by atoms with Crippen LogP contribution in [0.25, 0.3) is 6.08 Å². The average molecular weight is 285 g/mol. The molecule has 104 valence electrons. The molecule has 1 aromatic heterocycles. The van der Waals surface area contributed by atoms with E-state index in [-0.39, 0.29) is 5.91 Å². The van der Waals surface area contributed by atoms with Crippen LogP contribution >= 0.6 is 11.3 Å². The number of amides is 1. The molecule has 0 bridgehead atoms. The molecule has 1 amide bonds. The van der Waals surface area contributed by atoms with Crippen LogP contribution in [0.2, 0.25) is 0 Å². The van der Waals surface area contributed by atoms with Gasteiger partial charge in [0.2, 0.25) is 5.91 Å². The lowest BCUT2D eigenvalue weighted by molar-refractivity contribution is -0.116. The molecule has 0 atom stereocenters. The highest BCUT2D eigenvalue weighted by atomic mass is 32.1. The minimum Gasteiger partial charge on any atom is -0.352 e. The predicted molar refractivity (Wildman–Crippen MR) is 86.0 cm³/mol. The SMILES string of the molecule is Cc1ccc(/C=C/C(=O)NCCc2cccs2)c(C)c1. The molecule has 0 aliphatic rings. The monoisotopic (exact) mass is 285 g/mol. The molecule has 0 aliphatic heterocycles. The molecular weight excluding hydrogens is 266 g/mol. The van der Waals surface area contributed by atoms with Crippen LogP contribution in [0.1, 0.15) is 21.6 Å². The van der Waals surface area contributed by atoms with Crippen molar-refractivity contribution in [3.05, 3.63) is 63.4 Å². The molecule has 0 unspecified atom stereocenters. The highest BCUT2D eigenvalue weighted by Gasteiger charge is 1.98. The summed E-state index contributed by atoms with van der Waals surface area (Å²) in [4.78, 5) is 13.0. The van der Waals surface area contributed by atoms with Crippen molar-refractivity contribution in [3.63, 3.8) is 0 Å². The summed E-state index contributed by atoms with van der Waals surface area (Å²) in [5, 5.41) is 4.96. The van der Waals surface area contributed by atoms with Crippen molar-refractivity contribution in [1.29, 1.82) is 0 Å². The van der Waals surface area contributed by atoms with E-state index in [1.54, 1.807) is 17.4 Å². The van der Waals surface area contributed by atoms with E-state index in [1.807, 2.05) is 18.2 Å². The normalized spacial score (nSPS) is 10.9. The van der Waals surface area contributed by atoms with E-state index in [0.717, 1.165) is 12.0 Å². The Morgan fingerprint density at radius 1 is 1.30 bits per heavy atom. The molecular formula is C17H19NOS. The second-order valence-electron chi connectivity index (χ2n) is 4.81. The van der Waals surface area contributed by atoms with Gasteiger partial charge in [0.05, 0.1) is 0 Å². The van der Waals surface area contributed by atoms with Gasteiger partial charge in [0.15, 0.2) is 0 Å². The lowest BCUT2D eigenvalue weighted by Crippen LogP contribution is -2.23. The van der Waals surface area contributed by atoms with Crippen LogP contribution in [0, 0.1) is 13.8 Å². The lowest BCUT2D eigenvalue weighted by Gasteiger charge is -2.02. The van der Waals surface area contributed by atoms with Gasteiger partial charge < -0.3 is 5.32 Å². The zero-order chi connectivity index (χ0) is 14.4. The van der Waals surface area contributed by atoms with E-state index in [1.165, 1.54) is 16.0 Å². The summed E-state index contributed by atoms with van der Waals surface area (Å²) in [6, 6.07) is 10.3. The third kappa shape index (κ3) is 4.35. The maximum atomic E-state index is 11.7. The number of hydrogen-bond donors (Lipinski definition) is 1. The van der Waals surface area contributed by atoms with E-state index in [4.69, 9.17) is 0 Å². The molecule has 0 spiro atoms. The quantitative estimate of drug-likeness (QED) is 0.833. The predicted octanol–water partition coefficient (Wildman–Crippen LogP) is 3.74. The number of hydrogen-bond acceptors (Lipinski definition) is 2. The first kappa shape index (κ1) is 14.5. The maximum Gasteiger partial charge on any atom is 0.244 e. The Morgan fingerprint density at radius 2 is 2.15 bits per heavy atom. The van der Waals surface area contributed by atoms with Crippen molar-refractivity contribution in [2.24, 2.45) is 0 Å². The van der Waals surface area contributed by atoms with Crippen LogP contribution in [-0.4, -0.2) is 12.5 Å². The van der Waals surface area contributed by atoms with Gasteiger partial charge in [-0.15, -0.1) is 11.3 Å². The molecule has 0 fully saturated rings. The Bertz CT molecular complexity index is 599. The summed E-state index contributed by atoms with van der Waals surface area (Å²) >= 11 is 1.72. The average Bonchev–Trinajstić information content (AvgIpc) is 2.91. The summed E-state index contributed by atoms with van der Waals surface area (Å²) in [6.07, 6.45) is 4.36. The molecule has 1 aromatic carbocycles. The number of benzene rings is 1. The number of thiophene rings is 1. The Kier molecular flexibility index (Phi) is 5.13. The van der Waals surface area contributed by atoms with Crippen molar-refractivity contribution in [2.75, 3.05) is 6.54 Å². The summed E-state index contributed by atoms with van der Waals surface area (Å²) in [6.45, 7) is 4.80. The van der Waals surface area contributed by atoms with Crippen LogP contribution in [-0.2, 0) is 11.2 Å². The second kappa shape index (κ2) is 7.06. The van der Waals surface area contributed by atoms with Crippen LogP contribution in [0.15, 0.2) is 41.8 Å². The van der Waals surface area contributed by atoms with Gasteiger partial charge >= 0.3 is 0 Å². The van der Waals surface area contributed by atoms with Crippen LogP contribution in [0.4, 0.5) is 0 Å². The largest absolute Gasteiger partial charge is 0.352 e. The molecule has 0 aliphatic carbocycles. The van der Waals surface area contributed by atoms with Gasteiger partial charge in [0.25, 0.3) is 0 Å². The van der Waals surface area contributed by atoms with E-state index in [0.29, 0.717) is 6.54 Å². The first-order chi connectivity index (χ1) is 9.65. The molecule has 0 saturated heterocycles. The molecule has 2 nitrogen and oxygen atoms in total. The molecule has 20 heavy (non-hydrogen) atoms. The summed E-state index contributed by atoms with van der Waals surface area (Å²) in [5.41, 5.74) is 3.51. The fraction of sp³-hybridized carbons (Fsp3) is 0.235. The summed E-state index contributed by atoms with van der Waals surface area (Å²) in [7, 11) is 0. The van der Waals surface area contributed by atoms with Crippen LogP contribution in [0.5, 0.6) is 0 Å². The third-order valence-corrected chi connectivity index (χ3v) is 4.03. The Labute approximate surface area is 124 Å². The van der Waals surface area contributed by atoms with E-state index < -0.39 is 0 Å². The van der Waals surface area contributed by atoms with Crippen LogP contribution in [0.3, 0.4) is 0 Å². The second-order valence-corrected chi connectivity index (χ2v) is 5.85. The summed E-state index contributed by atoms with van der Waals surface area (Å²) < 4.78 is 0. The Balaban J connectivity index is 1.83. The number of nitrogens with one attached hydrogen (secondary N) is 1. The lowest BCUT2D eigenvalue weighted by atomic mass is 10.1. The number of carbonyl (C=O) groups excluding carboxylic acids is 1. The number of aryl methyl sites for hydroxylation is 2. The smallest absolute Gasteiger partial charge is 0.244 e. The molecule has 0 radical (unpaired) electrons. The minimum atomic E-state index is -0.0402. The van der Waals surface area contributed by atoms with E-state index >= 15 is 0 Å². The van der Waals surface area contributed by atoms with Crippen molar-refractivity contribution in [1.82, 2.24) is 5.32 Å². The first-order valence-electron chi connectivity index (χ1n) is 6.71. The minimum absolute atomic E-state index is 0.0402. The highest BCUT2D eigenvalue weighted by Crippen LogP contribution is 2.12. The molecule has 1 N–H and O–H groups in total. The zero-order valence-corrected chi connectivity index (χ0v) is 12.7. The summed E-state index contributed by atoms with van der Waals surface area (Å²) in [5.74, 6) is -0.0402. The van der Waals surface area contributed by atoms with Gasteiger partial charge in [0, 0.05) is 17.5 Å². The Morgan fingerprint density at radius 3 is 2.85 bits per heavy atom. The van der Waals surface area contributed by atoms with Gasteiger partial charge in [-0.05, 0) is 48.9 Å². The van der Waals surface area contributed by atoms with Crippen molar-refractivity contribution in [3.8, 4) is 0 Å². The van der Waals surface area contributed by atoms with Crippen molar-refractivity contribution >= 4 is 23.3 Å². The van der Waals surface area contributed by atoms with Gasteiger partial charge in [-0.2, -0.15) is 0 Å². The fourth-order valence-corrected chi connectivity index (χ4v) is 2.71. The van der Waals surface area contributed by atoms with Gasteiger partial charge in [-0.3, -0.25) is 4.79 Å². The molecule has 3 heteroatoms. The van der Waals surface area contributed by atoms with Gasteiger partial charge in [-0.25, -0.2) is 0 Å². The van der Waals surface area contributed by atoms with E-state index in [2.05, 4.69) is 42.7 Å². The zero-order valence-electron chi connectivity index (χ0n) is 11.8. The standard InChI is InChI=1S/C17H19NOS/c1-13-5-6-15(14(2)12-13)7-8-17(19)18-10-9-16-4-3-11-20-16/h3-8,11-12H,9-10H2,1-2H3,(H,18,19)/b8-7+. The number of carbonyl (C=O) groups is 1. The fourth-order valence-electron chi connectivity index (χ4n) is 2.00. The van der Waals surface area contributed by atoms with Crippen molar-refractivity contribution < 1.29 is 4.79 Å². The number of rotatable bonds is 5. The topological polar surface area (TPSA) is 29.1 Å².